The fourth-order valence-electron chi connectivity index (χ4n) is 9.82. The normalized spacial score (nSPS) is 11.3. The van der Waals surface area contributed by atoms with E-state index in [0.29, 0.717) is 70.8 Å². The van der Waals surface area contributed by atoms with Crippen LogP contribution in [0, 0.1) is 0 Å². The molecule has 0 aliphatic heterocycles. The first-order chi connectivity index (χ1) is 38.0. The summed E-state index contributed by atoms with van der Waals surface area (Å²) in [6.45, 7) is 12.8. The van der Waals surface area contributed by atoms with Gasteiger partial charge in [0.15, 0.2) is 34.5 Å². The molecule has 12 heteroatoms. The van der Waals surface area contributed by atoms with Crippen molar-refractivity contribution in [1.82, 2.24) is 0 Å². The Bertz CT molecular complexity index is 2400. The predicted molar refractivity (Wildman–Crippen MR) is 313 cm³/mol. The smallest absolute Gasteiger partial charge is 0.311 e. The van der Waals surface area contributed by atoms with Gasteiger partial charge >= 0.3 is 35.8 Å². The minimum atomic E-state index is -0.520. The van der Waals surface area contributed by atoms with Crippen LogP contribution in [0.1, 0.15) is 273 Å². The van der Waals surface area contributed by atoms with Crippen LogP contribution in [0.4, 0.5) is 0 Å². The Morgan fingerprint density at radius 2 is 0.487 bits per heavy atom. The first kappa shape index (κ1) is 65.0. The number of esters is 6. The maximum absolute atomic E-state index is 14.1. The van der Waals surface area contributed by atoms with Crippen LogP contribution in [0.25, 0.3) is 32.3 Å². The number of rotatable bonds is 42. The quantitative estimate of drug-likeness (QED) is 0.0179. The van der Waals surface area contributed by atoms with Crippen LogP contribution in [-0.2, 0) is 28.8 Å². The highest BCUT2D eigenvalue weighted by molar-refractivity contribution is 6.28. The number of fused-ring (bicyclic) bond motifs is 6. The maximum Gasteiger partial charge on any atom is 0.311 e. The summed E-state index contributed by atoms with van der Waals surface area (Å²) >= 11 is 0. The van der Waals surface area contributed by atoms with E-state index in [1.54, 1.807) is 36.4 Å². The third-order valence-electron chi connectivity index (χ3n) is 14.4. The molecule has 0 aromatic heterocycles. The van der Waals surface area contributed by atoms with Gasteiger partial charge in [-0.3, -0.25) is 28.8 Å². The first-order valence-electron chi connectivity index (χ1n) is 30.8. The van der Waals surface area contributed by atoms with Crippen molar-refractivity contribution in [3.05, 3.63) is 36.4 Å². The lowest BCUT2D eigenvalue weighted by Gasteiger charge is -2.20. The third kappa shape index (κ3) is 23.1. The molecule has 0 N–H and O–H groups in total. The van der Waals surface area contributed by atoms with Gasteiger partial charge in [-0.1, -0.05) is 196 Å². The van der Waals surface area contributed by atoms with E-state index in [2.05, 4.69) is 41.5 Å². The molecule has 0 amide bonds. The molecular weight excluding hydrogens is 985 g/mol. The zero-order chi connectivity index (χ0) is 56.3. The topological polar surface area (TPSA) is 158 Å². The molecule has 0 unspecified atom stereocenters. The van der Waals surface area contributed by atoms with Crippen LogP contribution in [0.5, 0.6) is 34.5 Å². The van der Waals surface area contributed by atoms with Gasteiger partial charge in [0, 0.05) is 43.9 Å². The van der Waals surface area contributed by atoms with Crippen molar-refractivity contribution < 1.29 is 57.2 Å². The number of hydrogen-bond acceptors (Lipinski definition) is 12. The fraction of sp³-hybridized carbons (Fsp3) is 0.636. The molecule has 4 aromatic rings. The molecule has 0 aliphatic rings. The summed E-state index contributed by atoms with van der Waals surface area (Å²) < 4.78 is 37.2. The van der Waals surface area contributed by atoms with Crippen molar-refractivity contribution in [2.24, 2.45) is 0 Å². The van der Waals surface area contributed by atoms with Crippen LogP contribution in [0.2, 0.25) is 0 Å². The number of unbranched alkanes of at least 4 members (excludes halogenated alkanes) is 24. The highest BCUT2D eigenvalue weighted by Gasteiger charge is 2.27. The monoisotopic (exact) mass is 1080 g/mol. The molecule has 0 heterocycles. The minimum absolute atomic E-state index is 0.00141. The summed E-state index contributed by atoms with van der Waals surface area (Å²) in [4.78, 5) is 82.8. The Balaban J connectivity index is 2.07. The molecule has 0 saturated carbocycles. The molecule has 0 bridgehead atoms. The van der Waals surface area contributed by atoms with Gasteiger partial charge in [0.1, 0.15) is 0 Å². The molecule has 4 rings (SSSR count). The molecule has 0 saturated heterocycles. The lowest BCUT2D eigenvalue weighted by atomic mass is 9.92. The highest BCUT2D eigenvalue weighted by Crippen LogP contribution is 2.49. The fourth-order valence-corrected chi connectivity index (χ4v) is 9.82. The predicted octanol–water partition coefficient (Wildman–Crippen LogP) is 18.7. The molecule has 432 valence electrons. The van der Waals surface area contributed by atoms with E-state index in [9.17, 15) is 28.8 Å². The summed E-state index contributed by atoms with van der Waals surface area (Å²) in [5, 5.41) is 2.75. The summed E-state index contributed by atoms with van der Waals surface area (Å²) in [5.74, 6) is -2.88. The van der Waals surface area contributed by atoms with Crippen molar-refractivity contribution in [1.29, 1.82) is 0 Å². The zero-order valence-electron chi connectivity index (χ0n) is 48.8. The molecule has 0 atom stereocenters. The minimum Gasteiger partial charge on any atom is -0.422 e. The Labute approximate surface area is 467 Å². The van der Waals surface area contributed by atoms with Crippen LogP contribution in [0.3, 0.4) is 0 Å². The van der Waals surface area contributed by atoms with Crippen molar-refractivity contribution >= 4 is 68.1 Å². The molecule has 0 spiro atoms. The van der Waals surface area contributed by atoms with Crippen molar-refractivity contribution in [2.75, 3.05) is 0 Å². The van der Waals surface area contributed by atoms with E-state index in [0.717, 1.165) is 154 Å². The molecule has 0 radical (unpaired) electrons. The summed E-state index contributed by atoms with van der Waals surface area (Å²) in [6.07, 6.45) is 28.4. The number of hydrogen-bond donors (Lipinski definition) is 0. The van der Waals surface area contributed by atoms with Gasteiger partial charge in [0.25, 0.3) is 0 Å². The van der Waals surface area contributed by atoms with Gasteiger partial charge in [-0.25, -0.2) is 0 Å². The largest absolute Gasteiger partial charge is 0.422 e. The van der Waals surface area contributed by atoms with Crippen LogP contribution in [-0.4, -0.2) is 35.8 Å². The van der Waals surface area contributed by atoms with Crippen molar-refractivity contribution in [2.45, 2.75) is 273 Å². The van der Waals surface area contributed by atoms with E-state index >= 15 is 0 Å². The average molecular weight is 1080 g/mol. The third-order valence-corrected chi connectivity index (χ3v) is 14.4. The van der Waals surface area contributed by atoms with Gasteiger partial charge in [-0.05, 0) is 102 Å². The van der Waals surface area contributed by atoms with Gasteiger partial charge in [0.05, 0.1) is 0 Å². The van der Waals surface area contributed by atoms with Crippen LogP contribution < -0.4 is 28.4 Å². The van der Waals surface area contributed by atoms with E-state index in [4.69, 9.17) is 28.4 Å². The Kier molecular flexibility index (Phi) is 31.8. The Morgan fingerprint density at radius 3 is 0.782 bits per heavy atom. The molecule has 78 heavy (non-hydrogen) atoms. The first-order valence-corrected chi connectivity index (χ1v) is 30.8. The number of carbonyl (C=O) groups excluding carboxylic acids is 6. The zero-order valence-corrected chi connectivity index (χ0v) is 48.8. The Morgan fingerprint density at radius 1 is 0.256 bits per heavy atom. The molecule has 4 aromatic carbocycles. The lowest BCUT2D eigenvalue weighted by molar-refractivity contribution is -0.137. The highest BCUT2D eigenvalue weighted by atomic mass is 16.6. The number of carbonyl (C=O) groups is 6. The molecule has 0 aliphatic carbocycles. The van der Waals surface area contributed by atoms with E-state index in [-0.39, 0.29) is 73.0 Å². The van der Waals surface area contributed by atoms with Crippen molar-refractivity contribution in [3.8, 4) is 34.5 Å². The second-order valence-electron chi connectivity index (χ2n) is 21.3. The summed E-state index contributed by atoms with van der Waals surface area (Å²) in [6, 6.07) is 9.94. The molecular formula is C66H96O12. The second kappa shape index (κ2) is 38.1. The van der Waals surface area contributed by atoms with Gasteiger partial charge in [-0.2, -0.15) is 0 Å². The average Bonchev–Trinajstić information content (AvgIpc) is 3.42. The number of benzene rings is 4. The second-order valence-corrected chi connectivity index (χ2v) is 21.3. The SMILES string of the molecule is CCCCCCCC(=O)Oc1cc2c(cc1OC(=O)CCCCCCC)c1ccc(OC(=O)CCCCCCC)c(OC(=O)CCCCCCC)c1c1cc(OC(=O)CCCCCCC)c(OC(=O)CCCCCCC)cc21. The lowest BCUT2D eigenvalue weighted by Crippen LogP contribution is -2.13. The van der Waals surface area contributed by atoms with Gasteiger partial charge < -0.3 is 28.4 Å². The molecule has 12 nitrogen and oxygen atoms in total. The Hall–Kier alpha value is -5.52. The molecule has 0 fully saturated rings. The van der Waals surface area contributed by atoms with Gasteiger partial charge in [0.2, 0.25) is 0 Å². The van der Waals surface area contributed by atoms with Crippen LogP contribution >= 0.6 is 0 Å². The van der Waals surface area contributed by atoms with Crippen LogP contribution in [0.15, 0.2) is 36.4 Å². The maximum atomic E-state index is 14.1. The summed E-state index contributed by atoms with van der Waals surface area (Å²) in [5.41, 5.74) is 0. The van der Waals surface area contributed by atoms with E-state index < -0.39 is 35.8 Å². The standard InChI is InChI=1S/C66H96O12/c1-7-13-19-25-31-37-59(67)73-54-44-43-49-50-45-55(74-60(68)38-32-26-20-14-8-2)56(75-61(69)39-33-27-21-15-9-3)46-51(50)52-47-57(76-62(70)40-34-28-22-16-10-4)58(77-63(71)41-35-29-23-17-11-5)48-53(52)65(49)66(54)78-64(72)42-36-30-24-18-12-6/h43-48H,7-42H2,1-6H3. The van der Waals surface area contributed by atoms with E-state index in [1.165, 1.54) is 0 Å². The van der Waals surface area contributed by atoms with E-state index in [1.807, 2.05) is 0 Å². The summed E-state index contributed by atoms with van der Waals surface area (Å²) in [7, 11) is 0. The van der Waals surface area contributed by atoms with Gasteiger partial charge in [-0.15, -0.1) is 0 Å². The number of ether oxygens (including phenoxy) is 6. The van der Waals surface area contributed by atoms with Crippen molar-refractivity contribution in [3.63, 3.8) is 0 Å².